The molecule has 4 rings (SSSR count). The zero-order chi connectivity index (χ0) is 15.6. The number of rotatable bonds is 3. The van der Waals surface area contributed by atoms with Crippen molar-refractivity contribution in [3.63, 3.8) is 0 Å². The van der Waals surface area contributed by atoms with E-state index >= 15 is 0 Å². The van der Waals surface area contributed by atoms with Crippen molar-refractivity contribution in [3.05, 3.63) is 41.5 Å². The van der Waals surface area contributed by atoms with Gasteiger partial charge in [0.15, 0.2) is 0 Å². The number of amides is 1. The second-order valence-electron chi connectivity index (χ2n) is 7.32. The Bertz CT molecular complexity index is 591. The molecule has 2 heterocycles. The van der Waals surface area contributed by atoms with Crippen molar-refractivity contribution in [1.82, 2.24) is 10.2 Å². The number of hydrogen-bond acceptors (Lipinski definition) is 2. The van der Waals surface area contributed by atoms with E-state index in [4.69, 9.17) is 0 Å². The van der Waals surface area contributed by atoms with Crippen LogP contribution in [0.3, 0.4) is 0 Å². The first-order valence-corrected chi connectivity index (χ1v) is 9.08. The summed E-state index contributed by atoms with van der Waals surface area (Å²) in [7, 11) is 0. The molecular formula is C20H26N2O. The van der Waals surface area contributed by atoms with Crippen LogP contribution in [-0.4, -0.2) is 37.0 Å². The number of benzene rings is 1. The van der Waals surface area contributed by atoms with Gasteiger partial charge in [-0.1, -0.05) is 24.3 Å². The van der Waals surface area contributed by atoms with E-state index in [1.54, 1.807) is 6.08 Å². The summed E-state index contributed by atoms with van der Waals surface area (Å²) < 4.78 is 0. The third-order valence-corrected chi connectivity index (χ3v) is 5.75. The van der Waals surface area contributed by atoms with Crippen LogP contribution in [0.4, 0.5) is 0 Å². The van der Waals surface area contributed by atoms with Crippen molar-refractivity contribution in [2.45, 2.75) is 31.6 Å². The molecule has 3 fully saturated rings. The number of hydrogen-bond donors (Lipinski definition) is 1. The molecule has 1 N–H and O–H groups in total. The van der Waals surface area contributed by atoms with E-state index in [0.717, 1.165) is 56.8 Å². The third-order valence-electron chi connectivity index (χ3n) is 5.75. The molecular weight excluding hydrogens is 284 g/mol. The minimum Gasteiger partial charge on any atom is -0.339 e. The Morgan fingerprint density at radius 1 is 1.04 bits per heavy atom. The summed E-state index contributed by atoms with van der Waals surface area (Å²) in [6.07, 6.45) is 8.71. The zero-order valence-corrected chi connectivity index (χ0v) is 13.7. The van der Waals surface area contributed by atoms with Crippen molar-refractivity contribution in [1.29, 1.82) is 0 Å². The summed E-state index contributed by atoms with van der Waals surface area (Å²) in [5.41, 5.74) is 2.63. The highest BCUT2D eigenvalue weighted by Gasteiger charge is 2.31. The van der Waals surface area contributed by atoms with E-state index in [1.807, 2.05) is 6.08 Å². The molecule has 1 saturated carbocycles. The maximum Gasteiger partial charge on any atom is 0.246 e. The molecule has 3 aliphatic rings. The molecule has 0 aromatic heterocycles. The maximum absolute atomic E-state index is 12.6. The second-order valence-corrected chi connectivity index (χ2v) is 7.32. The molecule has 2 aliphatic heterocycles. The van der Waals surface area contributed by atoms with Gasteiger partial charge in [-0.25, -0.2) is 0 Å². The van der Waals surface area contributed by atoms with Crippen LogP contribution in [0.5, 0.6) is 0 Å². The first-order valence-electron chi connectivity index (χ1n) is 9.08. The van der Waals surface area contributed by atoms with Gasteiger partial charge < -0.3 is 10.2 Å². The molecule has 0 spiro atoms. The molecule has 1 aromatic carbocycles. The van der Waals surface area contributed by atoms with Gasteiger partial charge in [0.1, 0.15) is 0 Å². The van der Waals surface area contributed by atoms with Gasteiger partial charge in [-0.3, -0.25) is 4.79 Å². The normalized spacial score (nSPS) is 27.9. The van der Waals surface area contributed by atoms with Crippen LogP contribution in [0.25, 0.3) is 6.08 Å². The van der Waals surface area contributed by atoms with E-state index in [0.29, 0.717) is 0 Å². The van der Waals surface area contributed by atoms with Gasteiger partial charge in [-0.15, -0.1) is 0 Å². The van der Waals surface area contributed by atoms with Gasteiger partial charge in [0.2, 0.25) is 5.91 Å². The van der Waals surface area contributed by atoms with Crippen LogP contribution < -0.4 is 5.32 Å². The lowest BCUT2D eigenvalue weighted by Gasteiger charge is -2.19. The Balaban J connectivity index is 1.41. The lowest BCUT2D eigenvalue weighted by atomic mass is 9.92. The molecule has 2 atom stereocenters. The van der Waals surface area contributed by atoms with Gasteiger partial charge in [-0.2, -0.15) is 0 Å². The predicted octanol–water partition coefficient (Wildman–Crippen LogP) is 3.04. The lowest BCUT2D eigenvalue weighted by Crippen LogP contribution is -2.31. The molecule has 3 heteroatoms. The molecule has 2 unspecified atom stereocenters. The summed E-state index contributed by atoms with van der Waals surface area (Å²) in [5.74, 6) is 2.44. The number of carbonyl (C=O) groups is 1. The largest absolute Gasteiger partial charge is 0.339 e. The van der Waals surface area contributed by atoms with Gasteiger partial charge in [0.05, 0.1) is 0 Å². The van der Waals surface area contributed by atoms with Gasteiger partial charge >= 0.3 is 0 Å². The Labute approximate surface area is 138 Å². The average Bonchev–Trinajstić information content (AvgIpc) is 3.36. The molecule has 0 bridgehead atoms. The molecule has 2 saturated heterocycles. The van der Waals surface area contributed by atoms with Gasteiger partial charge in [0, 0.05) is 19.2 Å². The number of nitrogens with one attached hydrogen (secondary N) is 1. The van der Waals surface area contributed by atoms with Crippen molar-refractivity contribution in [2.24, 2.45) is 11.8 Å². The Morgan fingerprint density at radius 3 is 2.43 bits per heavy atom. The molecule has 1 aliphatic carbocycles. The van der Waals surface area contributed by atoms with E-state index in [1.165, 1.54) is 24.0 Å². The molecule has 0 radical (unpaired) electrons. The molecule has 1 amide bonds. The smallest absolute Gasteiger partial charge is 0.246 e. The summed E-state index contributed by atoms with van der Waals surface area (Å²) in [4.78, 5) is 14.6. The van der Waals surface area contributed by atoms with E-state index < -0.39 is 0 Å². The third kappa shape index (κ3) is 3.35. The zero-order valence-electron chi connectivity index (χ0n) is 13.7. The SMILES string of the molecule is O=C(/C=C/c1ccccc1C1CC1)N1CCC2CNCC2CC1. The van der Waals surface area contributed by atoms with Crippen LogP contribution in [0.2, 0.25) is 0 Å². The fourth-order valence-corrected chi connectivity index (χ4v) is 4.13. The summed E-state index contributed by atoms with van der Waals surface area (Å²) in [5, 5.41) is 3.49. The Kier molecular flexibility index (Phi) is 4.21. The van der Waals surface area contributed by atoms with E-state index in [2.05, 4.69) is 34.5 Å². The molecule has 1 aromatic rings. The highest BCUT2D eigenvalue weighted by molar-refractivity contribution is 5.92. The first kappa shape index (κ1) is 14.9. The quantitative estimate of drug-likeness (QED) is 0.870. The van der Waals surface area contributed by atoms with Crippen molar-refractivity contribution in [3.8, 4) is 0 Å². The highest BCUT2D eigenvalue weighted by atomic mass is 16.2. The Hall–Kier alpha value is -1.61. The number of likely N-dealkylation sites (tertiary alicyclic amines) is 1. The molecule has 3 nitrogen and oxygen atoms in total. The number of nitrogens with zero attached hydrogens (tertiary/aromatic N) is 1. The number of fused-ring (bicyclic) bond motifs is 1. The van der Waals surface area contributed by atoms with Crippen LogP contribution in [-0.2, 0) is 4.79 Å². The van der Waals surface area contributed by atoms with Gasteiger partial charge in [0.25, 0.3) is 0 Å². The predicted molar refractivity (Wildman–Crippen MR) is 93.1 cm³/mol. The van der Waals surface area contributed by atoms with Crippen LogP contribution in [0.15, 0.2) is 30.3 Å². The van der Waals surface area contributed by atoms with Crippen molar-refractivity contribution >= 4 is 12.0 Å². The minimum absolute atomic E-state index is 0.184. The van der Waals surface area contributed by atoms with E-state index in [9.17, 15) is 4.79 Å². The summed E-state index contributed by atoms with van der Waals surface area (Å²) in [6, 6.07) is 8.52. The summed E-state index contributed by atoms with van der Waals surface area (Å²) >= 11 is 0. The average molecular weight is 310 g/mol. The van der Waals surface area contributed by atoms with E-state index in [-0.39, 0.29) is 5.91 Å². The number of carbonyl (C=O) groups excluding carboxylic acids is 1. The Morgan fingerprint density at radius 2 is 1.74 bits per heavy atom. The maximum atomic E-state index is 12.6. The fraction of sp³-hybridized carbons (Fsp3) is 0.550. The van der Waals surface area contributed by atoms with Crippen molar-refractivity contribution in [2.75, 3.05) is 26.2 Å². The highest BCUT2D eigenvalue weighted by Crippen LogP contribution is 2.41. The van der Waals surface area contributed by atoms with Crippen LogP contribution in [0, 0.1) is 11.8 Å². The van der Waals surface area contributed by atoms with Gasteiger partial charge in [-0.05, 0) is 73.7 Å². The van der Waals surface area contributed by atoms with Crippen molar-refractivity contribution < 1.29 is 4.79 Å². The second kappa shape index (κ2) is 6.48. The topological polar surface area (TPSA) is 32.3 Å². The monoisotopic (exact) mass is 310 g/mol. The van der Waals surface area contributed by atoms with Crippen LogP contribution in [0.1, 0.15) is 42.7 Å². The fourth-order valence-electron chi connectivity index (χ4n) is 4.13. The lowest BCUT2D eigenvalue weighted by molar-refractivity contribution is -0.125. The standard InChI is InChI=1S/C20H26N2O/c23-20(22-11-9-17-13-21-14-18(17)10-12-22)8-7-15-3-1-2-4-19(15)16-5-6-16/h1-4,7-8,16-18,21H,5-6,9-14H2/b8-7+. The van der Waals surface area contributed by atoms with Crippen LogP contribution >= 0.6 is 0 Å². The first-order chi connectivity index (χ1) is 11.3. The molecule has 122 valence electrons. The molecule has 23 heavy (non-hydrogen) atoms. The minimum atomic E-state index is 0.184. The summed E-state index contributed by atoms with van der Waals surface area (Å²) in [6.45, 7) is 4.10.